The van der Waals surface area contributed by atoms with Gasteiger partial charge in [0.1, 0.15) is 29.6 Å². The van der Waals surface area contributed by atoms with Crippen LogP contribution in [0, 0.1) is 24.5 Å². The number of alkyl halides is 1. The van der Waals surface area contributed by atoms with Crippen LogP contribution < -0.4 is 19.7 Å². The van der Waals surface area contributed by atoms with Gasteiger partial charge in [0.05, 0.1) is 46.6 Å². The molecule has 3 saturated heterocycles. The molecule has 0 saturated carbocycles. The van der Waals surface area contributed by atoms with Gasteiger partial charge in [-0.1, -0.05) is 50.2 Å². The number of thiazole rings is 1. The van der Waals surface area contributed by atoms with E-state index in [1.165, 1.54) is 6.20 Å². The summed E-state index contributed by atoms with van der Waals surface area (Å²) in [5, 5.41) is 17.7. The van der Waals surface area contributed by atoms with Gasteiger partial charge in [0.15, 0.2) is 11.6 Å². The van der Waals surface area contributed by atoms with Crippen molar-refractivity contribution in [3.05, 3.63) is 130 Å². The van der Waals surface area contributed by atoms with Crippen molar-refractivity contribution in [3.63, 3.8) is 0 Å². The number of hydrogen-bond donors (Lipinski definition) is 4. The first-order valence-corrected chi connectivity index (χ1v) is 28.7. The number of rotatable bonds is 20. The Morgan fingerprint density at radius 3 is 2.39 bits per heavy atom. The molecule has 0 aliphatic carbocycles. The van der Waals surface area contributed by atoms with Crippen LogP contribution in [0.15, 0.2) is 95.2 Å². The van der Waals surface area contributed by atoms with Gasteiger partial charge in [-0.3, -0.25) is 24.0 Å². The fraction of sp³-hybridized carbons (Fsp3) is 0.393. The van der Waals surface area contributed by atoms with E-state index >= 15 is 8.78 Å². The zero-order valence-electron chi connectivity index (χ0n) is 43.8. The fourth-order valence-corrected chi connectivity index (χ4v) is 12.7. The molecule has 4 atom stereocenters. The lowest BCUT2D eigenvalue weighted by molar-refractivity contribution is -0.141. The molecule has 7 heterocycles. The largest absolute Gasteiger partial charge is 0.475 e. The van der Waals surface area contributed by atoms with E-state index in [1.807, 2.05) is 74.0 Å². The Morgan fingerprint density at radius 1 is 0.937 bits per heavy atom. The lowest BCUT2D eigenvalue weighted by Gasteiger charge is -2.36. The number of aliphatic hydroxyl groups excluding tert-OH is 1. The molecule has 2 amide bonds. The maximum absolute atomic E-state index is 15.8. The average molecular weight is 1120 g/mol. The molecule has 4 N–H and O–H groups in total. The molecule has 7 aromatic rings. The van der Waals surface area contributed by atoms with Gasteiger partial charge in [0.25, 0.3) is 5.88 Å². The second-order valence-corrected chi connectivity index (χ2v) is 23.0. The molecule has 4 aromatic heterocycles. The Morgan fingerprint density at radius 2 is 1.70 bits per heavy atom. The number of likely N-dealkylation sites (tertiary alicyclic amines) is 1. The molecule has 3 aromatic carbocycles. The minimum Gasteiger partial charge on any atom is -0.475 e. The summed E-state index contributed by atoms with van der Waals surface area (Å²) in [6, 6.07) is 19.3. The molecule has 0 bridgehead atoms. The van der Waals surface area contributed by atoms with Crippen LogP contribution in [0.4, 0.5) is 24.5 Å². The van der Waals surface area contributed by atoms with Gasteiger partial charge in [0.2, 0.25) is 17.6 Å². The number of aromatic amines is 1. The minimum atomic E-state index is -4.37. The number of fused-ring (bicyclic) bond motifs is 1. The number of nitrogens with one attached hydrogen (secondary N) is 3. The summed E-state index contributed by atoms with van der Waals surface area (Å²) in [6.45, 7) is 9.83. The van der Waals surface area contributed by atoms with Crippen LogP contribution in [0.25, 0.3) is 32.6 Å². The summed E-state index contributed by atoms with van der Waals surface area (Å²) in [4.78, 5) is 60.8. The maximum atomic E-state index is 15.8. The molecule has 0 radical (unpaired) electrons. The van der Waals surface area contributed by atoms with Crippen LogP contribution in [0.2, 0.25) is 0 Å². The van der Waals surface area contributed by atoms with Crippen molar-refractivity contribution in [1.29, 1.82) is 0 Å². The Balaban J connectivity index is 0.691. The van der Waals surface area contributed by atoms with Gasteiger partial charge in [-0.15, -0.1) is 11.3 Å². The Bertz CT molecular complexity index is 3440. The SMILES string of the molecule is Cc1ncsc1-c1ccc([C@H](CO)NC(=O)[C@@H]2CCCN2C(=O)[C@@H](c2cc(OCCCN3CCN(c4ccc(-c5cnc6[nH]cc(C(=O)c7c(F)ccc(NS(=O)(=O)N8CC[C@@H](F)C8)c7F)c6c5)cc4)CC3)no2)C(C)C)cc1. The molecule has 0 unspecified atom stereocenters. The topological polar surface area (TPSA) is 219 Å². The van der Waals surface area contributed by atoms with E-state index in [0.29, 0.717) is 48.4 Å². The van der Waals surface area contributed by atoms with E-state index in [4.69, 9.17) is 9.26 Å². The molecule has 3 fully saturated rings. The molecular formula is C56H61F3N10O8S2. The zero-order chi connectivity index (χ0) is 55.5. The number of carbonyl (C=O) groups excluding carboxylic acids is 3. The number of anilines is 2. The number of piperazine rings is 1. The highest BCUT2D eigenvalue weighted by molar-refractivity contribution is 7.90. The number of aromatic nitrogens is 4. The van der Waals surface area contributed by atoms with Crippen molar-refractivity contribution >= 4 is 61.6 Å². The predicted molar refractivity (Wildman–Crippen MR) is 293 cm³/mol. The Labute approximate surface area is 459 Å². The molecule has 3 aliphatic rings. The predicted octanol–water partition coefficient (Wildman–Crippen LogP) is 8.03. The number of hydrogen-bond acceptors (Lipinski definition) is 14. The number of aryl methyl sites for hydroxylation is 1. The van der Waals surface area contributed by atoms with Gasteiger partial charge in [-0.2, -0.15) is 12.7 Å². The first kappa shape index (κ1) is 55.1. The second-order valence-electron chi connectivity index (χ2n) is 20.5. The number of benzene rings is 3. The number of ether oxygens (including phenoxy) is 1. The van der Waals surface area contributed by atoms with E-state index < -0.39 is 69.6 Å². The van der Waals surface area contributed by atoms with E-state index in [2.05, 4.69) is 35.2 Å². The first-order chi connectivity index (χ1) is 38.1. The van der Waals surface area contributed by atoms with Crippen LogP contribution in [0.3, 0.4) is 0 Å². The molecule has 3 aliphatic heterocycles. The van der Waals surface area contributed by atoms with Gasteiger partial charge in [-0.25, -0.2) is 23.1 Å². The molecule has 79 heavy (non-hydrogen) atoms. The van der Waals surface area contributed by atoms with Crippen molar-refractivity contribution in [1.82, 2.24) is 39.5 Å². The summed E-state index contributed by atoms with van der Waals surface area (Å²) < 4.78 is 85.0. The lowest BCUT2D eigenvalue weighted by Crippen LogP contribution is -2.49. The number of pyridine rings is 1. The molecule has 23 heteroatoms. The molecule has 10 rings (SSSR count). The Kier molecular flexibility index (Phi) is 16.5. The normalized spacial score (nSPS) is 18.1. The van der Waals surface area contributed by atoms with Crippen molar-refractivity contribution < 1.29 is 50.3 Å². The second kappa shape index (κ2) is 23.7. The molecule has 416 valence electrons. The Hall–Kier alpha value is -7.18. The molecule has 0 spiro atoms. The third-order valence-electron chi connectivity index (χ3n) is 15.0. The van der Waals surface area contributed by atoms with Crippen LogP contribution in [-0.4, -0.2) is 143 Å². The van der Waals surface area contributed by atoms with E-state index in [9.17, 15) is 32.3 Å². The number of nitrogens with zero attached hydrogens (tertiary/aromatic N) is 7. The highest BCUT2D eigenvalue weighted by Gasteiger charge is 2.41. The standard InChI is InChI=1S/C56H61F3N10O8S2/c1-33(2)49(56(73)69-19-4-6-46(69)55(72)63-45(31-70)36-7-9-37(10-8-36)53-34(3)62-32-78-53)47-27-48(64-77-47)76-25-5-18-66-21-23-67(24-22-66)40-13-11-35(12-14-40)38-26-41-42(29-61-54(41)60-28-38)52(71)50-43(58)15-16-44(51(50)59)65-79(74,75)68-20-17-39(57)30-68/h7-16,26-29,32-33,39,45-46,49,65,70H,4-6,17-25,30-31H2,1-3H3,(H,60,61)(H,63,72)/t39-,45+,46+,49-/m1/s1. The van der Waals surface area contributed by atoms with E-state index in [1.54, 1.807) is 40.1 Å². The summed E-state index contributed by atoms with van der Waals surface area (Å²) in [6.07, 6.45) is 3.46. The number of ketones is 1. The number of amides is 2. The minimum absolute atomic E-state index is 0.00588. The summed E-state index contributed by atoms with van der Waals surface area (Å²) in [5.74, 6) is -4.34. The number of H-pyrrole nitrogens is 1. The van der Waals surface area contributed by atoms with Crippen LogP contribution in [-0.2, 0) is 19.8 Å². The summed E-state index contributed by atoms with van der Waals surface area (Å²) >= 11 is 1.55. The summed E-state index contributed by atoms with van der Waals surface area (Å²) in [7, 11) is -4.37. The average Bonchev–Trinajstić information content (AvgIpc) is 4.43. The van der Waals surface area contributed by atoms with Crippen LogP contribution in [0.1, 0.15) is 84.4 Å². The van der Waals surface area contributed by atoms with E-state index in [-0.39, 0.29) is 48.7 Å². The number of carbonyl (C=O) groups is 3. The number of aliphatic hydroxyl groups is 1. The van der Waals surface area contributed by atoms with Gasteiger partial charge in [0, 0.05) is 93.0 Å². The van der Waals surface area contributed by atoms with Gasteiger partial charge >= 0.3 is 10.2 Å². The van der Waals surface area contributed by atoms with Crippen molar-refractivity contribution in [3.8, 4) is 27.4 Å². The van der Waals surface area contributed by atoms with Crippen molar-refractivity contribution in [2.75, 3.05) is 75.2 Å². The van der Waals surface area contributed by atoms with Gasteiger partial charge < -0.3 is 34.5 Å². The third-order valence-corrected chi connectivity index (χ3v) is 17.4. The van der Waals surface area contributed by atoms with Crippen molar-refractivity contribution in [2.45, 2.75) is 70.6 Å². The molecular weight excluding hydrogens is 1060 g/mol. The lowest BCUT2D eigenvalue weighted by atomic mass is 9.91. The smallest absolute Gasteiger partial charge is 0.301 e. The highest BCUT2D eigenvalue weighted by atomic mass is 32.2. The zero-order valence-corrected chi connectivity index (χ0v) is 45.5. The summed E-state index contributed by atoms with van der Waals surface area (Å²) in [5.41, 5.74) is 5.63. The van der Waals surface area contributed by atoms with Gasteiger partial charge in [-0.05, 0) is 90.7 Å². The quantitative estimate of drug-likeness (QED) is 0.0420. The van der Waals surface area contributed by atoms with Crippen LogP contribution in [0.5, 0.6) is 5.88 Å². The van der Waals surface area contributed by atoms with Crippen molar-refractivity contribution in [2.24, 2.45) is 5.92 Å². The first-order valence-electron chi connectivity index (χ1n) is 26.4. The fourth-order valence-electron chi connectivity index (χ4n) is 10.6. The van der Waals surface area contributed by atoms with E-state index in [0.717, 1.165) is 88.5 Å². The monoisotopic (exact) mass is 1120 g/mol. The third kappa shape index (κ3) is 11.9. The number of halogens is 3. The van der Waals surface area contributed by atoms with Crippen LogP contribution >= 0.6 is 11.3 Å². The maximum Gasteiger partial charge on any atom is 0.301 e. The molecule has 18 nitrogen and oxygen atoms in total. The highest BCUT2D eigenvalue weighted by Crippen LogP contribution is 2.35.